The van der Waals surface area contributed by atoms with Crippen LogP contribution in [0.2, 0.25) is 0 Å². The van der Waals surface area contributed by atoms with Gasteiger partial charge in [0.25, 0.3) is 5.91 Å². The minimum Gasteiger partial charge on any atom is -0.484 e. The molecule has 0 saturated carbocycles. The minimum absolute atomic E-state index is 0.138. The molecule has 0 unspecified atom stereocenters. The van der Waals surface area contributed by atoms with Crippen LogP contribution in [0.15, 0.2) is 109 Å². The highest BCUT2D eigenvalue weighted by Gasteiger charge is 2.42. The Morgan fingerprint density at radius 2 is 1.67 bits per heavy atom. The number of alkyl halides is 3. The van der Waals surface area contributed by atoms with Crippen LogP contribution in [0, 0.1) is 13.8 Å². The average Bonchev–Trinajstić information content (AvgIpc) is 3.55. The molecule has 2 N–H and O–H groups in total. The highest BCUT2D eigenvalue weighted by Crippen LogP contribution is 2.44. The van der Waals surface area contributed by atoms with Crippen molar-refractivity contribution in [1.82, 2.24) is 14.9 Å². The van der Waals surface area contributed by atoms with Gasteiger partial charge in [0.15, 0.2) is 11.7 Å². The molecule has 7 nitrogen and oxygen atoms in total. The zero-order valence-electron chi connectivity index (χ0n) is 25.0. The third-order valence-corrected chi connectivity index (χ3v) is 8.18. The minimum atomic E-state index is -4.46. The van der Waals surface area contributed by atoms with Gasteiger partial charge < -0.3 is 24.8 Å². The number of halogens is 3. The average molecular weight is 642 g/mol. The van der Waals surface area contributed by atoms with E-state index in [9.17, 15) is 18.0 Å². The summed E-state index contributed by atoms with van der Waals surface area (Å²) in [6.45, 7) is 3.63. The predicted molar refractivity (Wildman–Crippen MR) is 175 cm³/mol. The van der Waals surface area contributed by atoms with E-state index in [-0.39, 0.29) is 24.6 Å². The summed E-state index contributed by atoms with van der Waals surface area (Å²) in [6.07, 6.45) is -2.75. The van der Waals surface area contributed by atoms with E-state index in [0.29, 0.717) is 22.2 Å². The number of hydrogen-bond donors (Lipinski definition) is 2. The Bertz CT molecular complexity index is 1860. The van der Waals surface area contributed by atoms with Gasteiger partial charge in [-0.15, -0.1) is 0 Å². The molecule has 1 saturated heterocycles. The van der Waals surface area contributed by atoms with E-state index in [1.165, 1.54) is 6.07 Å². The van der Waals surface area contributed by atoms with E-state index < -0.39 is 11.7 Å². The Hall–Kier alpha value is -5.16. The second-order valence-corrected chi connectivity index (χ2v) is 11.3. The number of thiocarbonyl (C=S) groups is 1. The normalized spacial score (nSPS) is 16.3. The molecule has 2 aromatic heterocycles. The zero-order valence-corrected chi connectivity index (χ0v) is 25.8. The van der Waals surface area contributed by atoms with Gasteiger partial charge in [0, 0.05) is 34.6 Å². The molecule has 3 heterocycles. The Labute approximate surface area is 269 Å². The van der Waals surface area contributed by atoms with Gasteiger partial charge in [0.2, 0.25) is 0 Å². The molecule has 6 rings (SSSR count). The number of nitrogens with one attached hydrogen (secondary N) is 2. The molecular weight excluding hydrogens is 611 g/mol. The second-order valence-electron chi connectivity index (χ2n) is 10.9. The summed E-state index contributed by atoms with van der Waals surface area (Å²) in [4.78, 5) is 19.1. The lowest BCUT2D eigenvalue weighted by Crippen LogP contribution is -2.29. The molecule has 3 aromatic carbocycles. The molecule has 0 spiro atoms. The molecule has 11 heteroatoms. The maximum absolute atomic E-state index is 13.6. The number of amides is 1. The molecule has 1 aliphatic rings. The van der Waals surface area contributed by atoms with Crippen LogP contribution in [0.1, 0.15) is 40.3 Å². The number of carbonyl (C=O) groups excluding carboxylic acids is 1. The smallest absolute Gasteiger partial charge is 0.416 e. The first kappa shape index (κ1) is 30.8. The number of hydrogen-bond acceptors (Lipinski definition) is 4. The monoisotopic (exact) mass is 641 g/mol. The van der Waals surface area contributed by atoms with Gasteiger partial charge in [0.1, 0.15) is 5.75 Å². The van der Waals surface area contributed by atoms with E-state index >= 15 is 0 Å². The van der Waals surface area contributed by atoms with Gasteiger partial charge in [-0.05, 0) is 104 Å². The van der Waals surface area contributed by atoms with Crippen molar-refractivity contribution in [3.8, 4) is 11.4 Å². The van der Waals surface area contributed by atoms with E-state index in [0.717, 1.165) is 40.5 Å². The van der Waals surface area contributed by atoms with Crippen molar-refractivity contribution < 1.29 is 22.7 Å². The van der Waals surface area contributed by atoms with Crippen molar-refractivity contribution in [3.05, 3.63) is 138 Å². The first-order valence-corrected chi connectivity index (χ1v) is 15.0. The summed E-state index contributed by atoms with van der Waals surface area (Å²) in [7, 11) is 0. The number of rotatable bonds is 8. The summed E-state index contributed by atoms with van der Waals surface area (Å²) in [5, 5.41) is 6.74. The lowest BCUT2D eigenvalue weighted by Gasteiger charge is -2.28. The zero-order chi connectivity index (χ0) is 32.4. The van der Waals surface area contributed by atoms with Crippen molar-refractivity contribution in [3.63, 3.8) is 0 Å². The molecule has 0 aliphatic carbocycles. The Morgan fingerprint density at radius 1 is 0.935 bits per heavy atom. The maximum Gasteiger partial charge on any atom is 0.416 e. The topological polar surface area (TPSA) is 71.4 Å². The summed E-state index contributed by atoms with van der Waals surface area (Å²) in [5.74, 6) is 0.300. The van der Waals surface area contributed by atoms with Gasteiger partial charge >= 0.3 is 6.18 Å². The summed E-state index contributed by atoms with van der Waals surface area (Å²) < 4.78 is 48.1. The van der Waals surface area contributed by atoms with Gasteiger partial charge in [-0.1, -0.05) is 30.3 Å². The van der Waals surface area contributed by atoms with Crippen molar-refractivity contribution in [2.75, 3.05) is 16.8 Å². The molecular formula is C35H30F3N5O2S. The number of aromatic nitrogens is 2. The Balaban J connectivity index is 1.32. The van der Waals surface area contributed by atoms with Crippen LogP contribution >= 0.6 is 12.2 Å². The molecule has 5 aromatic rings. The number of benzene rings is 3. The van der Waals surface area contributed by atoms with Crippen LogP contribution in [-0.2, 0) is 11.0 Å². The van der Waals surface area contributed by atoms with Gasteiger partial charge in [-0.25, -0.2) is 0 Å². The van der Waals surface area contributed by atoms with Crippen molar-refractivity contribution in [2.45, 2.75) is 32.1 Å². The molecule has 1 amide bonds. The van der Waals surface area contributed by atoms with E-state index in [1.54, 1.807) is 36.5 Å². The van der Waals surface area contributed by atoms with Crippen LogP contribution in [0.3, 0.4) is 0 Å². The van der Waals surface area contributed by atoms with E-state index in [4.69, 9.17) is 17.0 Å². The van der Waals surface area contributed by atoms with Gasteiger partial charge in [-0.2, -0.15) is 13.2 Å². The van der Waals surface area contributed by atoms with E-state index in [1.807, 2.05) is 77.9 Å². The van der Waals surface area contributed by atoms with Gasteiger partial charge in [0.05, 0.1) is 23.3 Å². The lowest BCUT2D eigenvalue weighted by atomic mass is 9.96. The SMILES string of the molecule is Cc1cc([C@H]2[C@@H](c3ccccn3)NC(=S)N2c2ccc(NC(=O)COc3ccccc3)cc2)c(C)n1-c1cccc(C(F)(F)F)c1. The molecule has 0 bridgehead atoms. The molecule has 234 valence electrons. The number of aryl methyl sites for hydroxylation is 1. The number of para-hydroxylation sites is 1. The van der Waals surface area contributed by atoms with Crippen molar-refractivity contribution in [1.29, 1.82) is 0 Å². The molecule has 46 heavy (non-hydrogen) atoms. The van der Waals surface area contributed by atoms with Crippen LogP contribution in [-0.4, -0.2) is 27.2 Å². The summed E-state index contributed by atoms with van der Waals surface area (Å²) in [6, 6.07) is 28.6. The first-order valence-electron chi connectivity index (χ1n) is 14.5. The number of carbonyl (C=O) groups is 1. The van der Waals surface area contributed by atoms with Gasteiger partial charge in [-0.3, -0.25) is 9.78 Å². The fraction of sp³-hybridized carbons (Fsp3) is 0.171. The second kappa shape index (κ2) is 12.7. The first-order chi connectivity index (χ1) is 22.1. The highest BCUT2D eigenvalue weighted by atomic mass is 32.1. The fourth-order valence-electron chi connectivity index (χ4n) is 5.82. The number of nitrogens with zero attached hydrogens (tertiary/aromatic N) is 3. The third kappa shape index (κ3) is 6.32. The fourth-order valence-corrected chi connectivity index (χ4v) is 6.17. The molecule has 1 fully saturated rings. The van der Waals surface area contributed by atoms with Crippen molar-refractivity contribution >= 4 is 34.6 Å². The number of anilines is 2. The Morgan fingerprint density at radius 3 is 2.37 bits per heavy atom. The highest BCUT2D eigenvalue weighted by molar-refractivity contribution is 7.80. The number of ether oxygens (including phenoxy) is 1. The quantitative estimate of drug-likeness (QED) is 0.169. The van der Waals surface area contributed by atoms with E-state index in [2.05, 4.69) is 15.6 Å². The molecule has 0 radical (unpaired) electrons. The summed E-state index contributed by atoms with van der Waals surface area (Å²) in [5.41, 5.74) is 4.27. The molecule has 1 aliphatic heterocycles. The van der Waals surface area contributed by atoms with Crippen LogP contribution < -0.4 is 20.3 Å². The van der Waals surface area contributed by atoms with Crippen LogP contribution in [0.4, 0.5) is 24.5 Å². The molecule has 2 atom stereocenters. The lowest BCUT2D eigenvalue weighted by molar-refractivity contribution is -0.137. The van der Waals surface area contributed by atoms with Crippen LogP contribution in [0.25, 0.3) is 5.69 Å². The van der Waals surface area contributed by atoms with Crippen molar-refractivity contribution in [2.24, 2.45) is 0 Å². The van der Waals surface area contributed by atoms with Crippen LogP contribution in [0.5, 0.6) is 5.75 Å². The summed E-state index contributed by atoms with van der Waals surface area (Å²) >= 11 is 5.86. The maximum atomic E-state index is 13.6. The number of pyridine rings is 1. The Kier molecular flexibility index (Phi) is 8.50. The third-order valence-electron chi connectivity index (χ3n) is 7.86. The standard InChI is InChI=1S/C35H30F3N5O2S/c1-22-19-29(23(2)42(22)27-10-8-9-24(20-27)35(36,37)38)33-32(30-13-6-7-18-39-30)41-34(46)43(33)26-16-14-25(15-17-26)40-31(44)21-45-28-11-4-3-5-12-28/h3-20,32-33H,21H2,1-2H3,(H,40,44)(H,41,46)/t32-,33+/m1/s1. The largest absolute Gasteiger partial charge is 0.484 e. The predicted octanol–water partition coefficient (Wildman–Crippen LogP) is 7.70.